The van der Waals surface area contributed by atoms with Crippen LogP contribution in [0.1, 0.15) is 17.3 Å². The maximum atomic E-state index is 12.6. The standard InChI is InChI=1S/C21H16N2O3/c1-13(24)22-15-7-9-16(10-8-15)23-21(25)14-6-11-20-18(12-14)17-4-2-3-5-19(17)26-20/h2-12H,1H3,(H,22,24)(H,23,25). The summed E-state index contributed by atoms with van der Waals surface area (Å²) >= 11 is 0. The van der Waals surface area contributed by atoms with Crippen LogP contribution in [-0.2, 0) is 4.79 Å². The van der Waals surface area contributed by atoms with E-state index in [-0.39, 0.29) is 11.8 Å². The largest absolute Gasteiger partial charge is 0.456 e. The fraction of sp³-hybridized carbons (Fsp3) is 0.0476. The van der Waals surface area contributed by atoms with E-state index in [9.17, 15) is 9.59 Å². The third kappa shape index (κ3) is 3.02. The molecule has 2 amide bonds. The van der Waals surface area contributed by atoms with Crippen molar-refractivity contribution >= 4 is 45.1 Å². The monoisotopic (exact) mass is 344 g/mol. The normalized spacial score (nSPS) is 10.8. The molecule has 4 rings (SSSR count). The maximum absolute atomic E-state index is 12.6. The number of furan rings is 1. The molecule has 0 saturated heterocycles. The summed E-state index contributed by atoms with van der Waals surface area (Å²) in [6, 6.07) is 20.1. The van der Waals surface area contributed by atoms with E-state index in [1.54, 1.807) is 30.3 Å². The van der Waals surface area contributed by atoms with E-state index in [2.05, 4.69) is 10.6 Å². The van der Waals surface area contributed by atoms with E-state index in [0.29, 0.717) is 16.9 Å². The van der Waals surface area contributed by atoms with Crippen molar-refractivity contribution in [3.05, 3.63) is 72.3 Å². The molecule has 0 aliphatic carbocycles. The molecule has 2 N–H and O–H groups in total. The first-order valence-corrected chi connectivity index (χ1v) is 8.20. The van der Waals surface area contributed by atoms with Gasteiger partial charge in [0.15, 0.2) is 0 Å². The molecule has 0 radical (unpaired) electrons. The van der Waals surface area contributed by atoms with Crippen LogP contribution in [-0.4, -0.2) is 11.8 Å². The third-order valence-corrected chi connectivity index (χ3v) is 4.10. The van der Waals surface area contributed by atoms with Crippen molar-refractivity contribution in [2.24, 2.45) is 0 Å². The summed E-state index contributed by atoms with van der Waals surface area (Å²) in [7, 11) is 0. The molecular formula is C21H16N2O3. The van der Waals surface area contributed by atoms with Gasteiger partial charge in [-0.1, -0.05) is 18.2 Å². The molecule has 0 spiro atoms. The van der Waals surface area contributed by atoms with Crippen LogP contribution in [0, 0.1) is 0 Å². The van der Waals surface area contributed by atoms with Crippen molar-refractivity contribution in [3.63, 3.8) is 0 Å². The average molecular weight is 344 g/mol. The first-order valence-electron chi connectivity index (χ1n) is 8.20. The Morgan fingerprint density at radius 1 is 0.769 bits per heavy atom. The Labute approximate surface area is 149 Å². The molecule has 0 bridgehead atoms. The second-order valence-corrected chi connectivity index (χ2v) is 6.02. The number of fused-ring (bicyclic) bond motifs is 3. The van der Waals surface area contributed by atoms with E-state index < -0.39 is 0 Å². The highest BCUT2D eigenvalue weighted by molar-refractivity contribution is 6.11. The zero-order valence-corrected chi connectivity index (χ0v) is 14.1. The van der Waals surface area contributed by atoms with Crippen LogP contribution in [0.3, 0.4) is 0 Å². The zero-order chi connectivity index (χ0) is 18.1. The highest BCUT2D eigenvalue weighted by atomic mass is 16.3. The fourth-order valence-electron chi connectivity index (χ4n) is 2.91. The number of carbonyl (C=O) groups is 2. The van der Waals surface area contributed by atoms with Gasteiger partial charge in [0.2, 0.25) is 5.91 Å². The van der Waals surface area contributed by atoms with Crippen LogP contribution in [0.2, 0.25) is 0 Å². The number of hydrogen-bond acceptors (Lipinski definition) is 3. The Morgan fingerprint density at radius 2 is 1.42 bits per heavy atom. The van der Waals surface area contributed by atoms with Gasteiger partial charge in [0, 0.05) is 34.6 Å². The summed E-state index contributed by atoms with van der Waals surface area (Å²) in [5.74, 6) is -0.341. The predicted molar refractivity (Wildman–Crippen MR) is 102 cm³/mol. The minimum absolute atomic E-state index is 0.137. The molecule has 0 saturated carbocycles. The number of benzene rings is 3. The van der Waals surface area contributed by atoms with E-state index >= 15 is 0 Å². The van der Waals surface area contributed by atoms with Crippen molar-refractivity contribution < 1.29 is 14.0 Å². The van der Waals surface area contributed by atoms with E-state index in [1.807, 2.05) is 36.4 Å². The summed E-state index contributed by atoms with van der Waals surface area (Å²) in [4.78, 5) is 23.6. The Kier molecular flexibility index (Phi) is 3.89. The molecule has 0 aliphatic rings. The van der Waals surface area contributed by atoms with Gasteiger partial charge in [-0.05, 0) is 48.5 Å². The van der Waals surface area contributed by atoms with Crippen LogP contribution in [0.4, 0.5) is 11.4 Å². The Morgan fingerprint density at radius 3 is 2.15 bits per heavy atom. The third-order valence-electron chi connectivity index (χ3n) is 4.10. The lowest BCUT2D eigenvalue weighted by molar-refractivity contribution is -0.114. The van der Waals surface area contributed by atoms with Gasteiger partial charge < -0.3 is 15.1 Å². The predicted octanol–water partition coefficient (Wildman–Crippen LogP) is 4.80. The van der Waals surface area contributed by atoms with Crippen molar-refractivity contribution in [2.45, 2.75) is 6.92 Å². The molecule has 0 atom stereocenters. The number of para-hydroxylation sites is 1. The SMILES string of the molecule is CC(=O)Nc1ccc(NC(=O)c2ccc3oc4ccccc4c3c2)cc1. The lowest BCUT2D eigenvalue weighted by Crippen LogP contribution is -2.12. The molecule has 0 fully saturated rings. The number of carbonyl (C=O) groups excluding carboxylic acids is 2. The van der Waals surface area contributed by atoms with Crippen molar-refractivity contribution in [1.29, 1.82) is 0 Å². The van der Waals surface area contributed by atoms with Gasteiger partial charge in [-0.2, -0.15) is 0 Å². The molecule has 3 aromatic carbocycles. The van der Waals surface area contributed by atoms with Crippen LogP contribution >= 0.6 is 0 Å². The van der Waals surface area contributed by atoms with Crippen LogP contribution in [0.15, 0.2) is 71.1 Å². The van der Waals surface area contributed by atoms with Gasteiger partial charge in [-0.25, -0.2) is 0 Å². The Balaban J connectivity index is 1.59. The molecule has 128 valence electrons. The minimum atomic E-state index is -0.204. The molecule has 0 aliphatic heterocycles. The minimum Gasteiger partial charge on any atom is -0.456 e. The highest BCUT2D eigenvalue weighted by Crippen LogP contribution is 2.29. The second-order valence-electron chi connectivity index (χ2n) is 6.02. The van der Waals surface area contributed by atoms with Gasteiger partial charge in [-0.3, -0.25) is 9.59 Å². The first-order chi connectivity index (χ1) is 12.6. The molecule has 1 aromatic heterocycles. The lowest BCUT2D eigenvalue weighted by atomic mass is 10.1. The molecule has 5 nitrogen and oxygen atoms in total. The summed E-state index contributed by atoms with van der Waals surface area (Å²) < 4.78 is 5.78. The summed E-state index contributed by atoms with van der Waals surface area (Å²) in [5.41, 5.74) is 3.44. The molecule has 4 aromatic rings. The van der Waals surface area contributed by atoms with E-state index in [4.69, 9.17) is 4.42 Å². The topological polar surface area (TPSA) is 71.3 Å². The van der Waals surface area contributed by atoms with Gasteiger partial charge in [0.25, 0.3) is 5.91 Å². The second kappa shape index (κ2) is 6.37. The van der Waals surface area contributed by atoms with Crippen molar-refractivity contribution in [1.82, 2.24) is 0 Å². The Bertz CT molecular complexity index is 1130. The van der Waals surface area contributed by atoms with Gasteiger partial charge in [0.1, 0.15) is 11.2 Å². The molecular weight excluding hydrogens is 328 g/mol. The lowest BCUT2D eigenvalue weighted by Gasteiger charge is -2.07. The first kappa shape index (κ1) is 15.9. The number of amides is 2. The molecule has 26 heavy (non-hydrogen) atoms. The maximum Gasteiger partial charge on any atom is 0.255 e. The number of rotatable bonds is 3. The van der Waals surface area contributed by atoms with Crippen molar-refractivity contribution in [3.8, 4) is 0 Å². The van der Waals surface area contributed by atoms with Crippen LogP contribution in [0.25, 0.3) is 21.9 Å². The van der Waals surface area contributed by atoms with Gasteiger partial charge in [0.05, 0.1) is 0 Å². The van der Waals surface area contributed by atoms with Gasteiger partial charge in [-0.15, -0.1) is 0 Å². The molecule has 5 heteroatoms. The highest BCUT2D eigenvalue weighted by Gasteiger charge is 2.11. The number of anilines is 2. The summed E-state index contributed by atoms with van der Waals surface area (Å²) in [5, 5.41) is 7.45. The Hall–Kier alpha value is -3.60. The molecule has 0 unspecified atom stereocenters. The van der Waals surface area contributed by atoms with Crippen LogP contribution in [0.5, 0.6) is 0 Å². The van der Waals surface area contributed by atoms with Crippen molar-refractivity contribution in [2.75, 3.05) is 10.6 Å². The number of hydrogen-bond donors (Lipinski definition) is 2. The quantitative estimate of drug-likeness (QED) is 0.561. The zero-order valence-electron chi connectivity index (χ0n) is 14.1. The molecule has 1 heterocycles. The van der Waals surface area contributed by atoms with E-state index in [0.717, 1.165) is 21.9 Å². The summed E-state index contributed by atoms with van der Waals surface area (Å²) in [6.07, 6.45) is 0. The fourth-order valence-corrected chi connectivity index (χ4v) is 2.91. The van der Waals surface area contributed by atoms with Crippen LogP contribution < -0.4 is 10.6 Å². The van der Waals surface area contributed by atoms with E-state index in [1.165, 1.54) is 6.92 Å². The number of nitrogens with one attached hydrogen (secondary N) is 2. The average Bonchev–Trinajstić information content (AvgIpc) is 3.01. The van der Waals surface area contributed by atoms with Gasteiger partial charge >= 0.3 is 0 Å². The smallest absolute Gasteiger partial charge is 0.255 e. The summed E-state index contributed by atoms with van der Waals surface area (Å²) in [6.45, 7) is 1.45.